The van der Waals surface area contributed by atoms with E-state index >= 15 is 0 Å². The molecule has 0 saturated heterocycles. The number of rotatable bonds is 5. The predicted molar refractivity (Wildman–Crippen MR) is 117 cm³/mol. The van der Waals surface area contributed by atoms with Crippen LogP contribution in [-0.4, -0.2) is 33.4 Å². The fourth-order valence-corrected chi connectivity index (χ4v) is 4.07. The van der Waals surface area contributed by atoms with Crippen molar-refractivity contribution in [2.75, 3.05) is 4.72 Å². The van der Waals surface area contributed by atoms with Crippen LogP contribution in [0.4, 0.5) is 5.69 Å². The van der Waals surface area contributed by atoms with Crippen LogP contribution in [0.25, 0.3) is 17.1 Å². The van der Waals surface area contributed by atoms with E-state index in [-0.39, 0.29) is 14.9 Å². The topological polar surface area (TPSA) is 123 Å². The maximum absolute atomic E-state index is 12.8. The molecule has 4 aromatic rings. The molecule has 31 heavy (non-hydrogen) atoms. The number of halogens is 2. The largest absolute Gasteiger partial charge is 0.291 e. The summed E-state index contributed by atoms with van der Waals surface area (Å²) >= 11 is 11.6. The lowest BCUT2D eigenvalue weighted by Gasteiger charge is -2.10. The van der Waals surface area contributed by atoms with Crippen molar-refractivity contribution < 1.29 is 8.42 Å². The Bertz CT molecular complexity index is 1430. The standard InChI is InChI=1S/C19H14Cl2N6O3S/c1-11-23-18(25-24-11)12-3-2-4-13(9-12)26-31(29,30)15-7-5-14(6-8-15)27-19(28)17(21)16(20)10-22-27/h2-10,26H,1H3,(H,23,24,25). The smallest absolute Gasteiger partial charge is 0.280 e. The second kappa shape index (κ2) is 8.14. The zero-order valence-corrected chi connectivity index (χ0v) is 18.2. The van der Waals surface area contributed by atoms with E-state index in [2.05, 4.69) is 25.0 Å². The average molecular weight is 477 g/mol. The van der Waals surface area contributed by atoms with Crippen molar-refractivity contribution in [1.82, 2.24) is 25.0 Å². The van der Waals surface area contributed by atoms with Crippen molar-refractivity contribution in [3.63, 3.8) is 0 Å². The van der Waals surface area contributed by atoms with E-state index in [4.69, 9.17) is 23.2 Å². The normalized spacial score (nSPS) is 11.5. The van der Waals surface area contributed by atoms with Crippen LogP contribution in [0.2, 0.25) is 10.0 Å². The van der Waals surface area contributed by atoms with Gasteiger partial charge in [0.25, 0.3) is 15.6 Å². The van der Waals surface area contributed by atoms with Gasteiger partial charge in [-0.15, -0.1) is 0 Å². The van der Waals surface area contributed by atoms with E-state index in [0.29, 0.717) is 28.6 Å². The van der Waals surface area contributed by atoms with Gasteiger partial charge in [-0.2, -0.15) is 14.9 Å². The Morgan fingerprint density at radius 2 is 1.84 bits per heavy atom. The van der Waals surface area contributed by atoms with Gasteiger partial charge in [0.1, 0.15) is 10.8 Å². The molecule has 0 amide bonds. The van der Waals surface area contributed by atoms with Crippen molar-refractivity contribution in [1.29, 1.82) is 0 Å². The van der Waals surface area contributed by atoms with Crippen molar-refractivity contribution in [3.8, 4) is 17.1 Å². The minimum Gasteiger partial charge on any atom is -0.280 e. The molecule has 12 heteroatoms. The molecule has 2 aromatic heterocycles. The molecule has 2 aromatic carbocycles. The van der Waals surface area contributed by atoms with Gasteiger partial charge in [-0.25, -0.2) is 13.4 Å². The van der Waals surface area contributed by atoms with Gasteiger partial charge in [-0.05, 0) is 43.3 Å². The predicted octanol–water partition coefficient (Wildman–Crippen LogP) is 3.43. The zero-order chi connectivity index (χ0) is 22.2. The zero-order valence-electron chi connectivity index (χ0n) is 15.9. The molecule has 0 unspecified atom stereocenters. The minimum atomic E-state index is -3.88. The molecular weight excluding hydrogens is 463 g/mol. The van der Waals surface area contributed by atoms with Crippen LogP contribution in [-0.2, 0) is 10.0 Å². The number of nitrogens with one attached hydrogen (secondary N) is 2. The van der Waals surface area contributed by atoms with Crippen LogP contribution in [0.1, 0.15) is 5.82 Å². The second-order valence-corrected chi connectivity index (χ2v) is 8.92. The van der Waals surface area contributed by atoms with Crippen molar-refractivity contribution >= 4 is 38.9 Å². The molecule has 0 atom stereocenters. The summed E-state index contributed by atoms with van der Waals surface area (Å²) in [5, 5.41) is 10.6. The summed E-state index contributed by atoms with van der Waals surface area (Å²) in [4.78, 5) is 16.4. The molecule has 0 aliphatic carbocycles. The number of hydrogen-bond acceptors (Lipinski definition) is 6. The van der Waals surface area contributed by atoms with Gasteiger partial charge in [0.15, 0.2) is 5.82 Å². The number of hydrogen-bond donors (Lipinski definition) is 2. The van der Waals surface area contributed by atoms with Crippen LogP contribution < -0.4 is 10.3 Å². The lowest BCUT2D eigenvalue weighted by Crippen LogP contribution is -2.21. The summed E-state index contributed by atoms with van der Waals surface area (Å²) in [5.74, 6) is 1.11. The molecule has 0 aliphatic rings. The number of nitrogens with zero attached hydrogens (tertiary/aromatic N) is 4. The molecule has 0 spiro atoms. The summed E-state index contributed by atoms with van der Waals surface area (Å²) < 4.78 is 29.1. The van der Waals surface area contributed by atoms with Crippen molar-refractivity contribution in [2.45, 2.75) is 11.8 Å². The Labute approximate surface area is 186 Å². The van der Waals surface area contributed by atoms with Crippen LogP contribution >= 0.6 is 23.2 Å². The highest BCUT2D eigenvalue weighted by atomic mass is 35.5. The summed E-state index contributed by atoms with van der Waals surface area (Å²) in [5.41, 5.74) is 0.739. The maximum Gasteiger partial charge on any atom is 0.291 e. The van der Waals surface area contributed by atoms with Crippen LogP contribution in [0.15, 0.2) is 64.4 Å². The summed E-state index contributed by atoms with van der Waals surface area (Å²) in [6, 6.07) is 12.3. The molecular formula is C19H14Cl2N6O3S. The number of aromatic amines is 1. The number of benzene rings is 2. The van der Waals surface area contributed by atoms with Gasteiger partial charge < -0.3 is 0 Å². The quantitative estimate of drug-likeness (QED) is 0.454. The number of aromatic nitrogens is 5. The third-order valence-corrected chi connectivity index (χ3v) is 6.38. The first kappa shape index (κ1) is 21.0. The molecule has 4 rings (SSSR count). The molecule has 2 N–H and O–H groups in total. The number of sulfonamides is 1. The molecule has 0 fully saturated rings. The summed E-state index contributed by atoms with van der Waals surface area (Å²) in [6.07, 6.45) is 1.24. The maximum atomic E-state index is 12.8. The van der Waals surface area contributed by atoms with Crippen molar-refractivity contribution in [2.24, 2.45) is 0 Å². The average Bonchev–Trinajstić information content (AvgIpc) is 3.19. The molecule has 9 nitrogen and oxygen atoms in total. The Morgan fingerprint density at radius 3 is 2.52 bits per heavy atom. The number of aryl methyl sites for hydroxylation is 1. The molecule has 0 radical (unpaired) electrons. The molecule has 0 saturated carbocycles. The van der Waals surface area contributed by atoms with E-state index < -0.39 is 15.6 Å². The third kappa shape index (κ3) is 4.31. The Hall–Kier alpha value is -3.21. The Kier molecular flexibility index (Phi) is 5.52. The van der Waals surface area contributed by atoms with Gasteiger partial charge in [-0.3, -0.25) is 14.6 Å². The fraction of sp³-hybridized carbons (Fsp3) is 0.0526. The molecule has 2 heterocycles. The van der Waals surface area contributed by atoms with Gasteiger partial charge in [-0.1, -0.05) is 35.3 Å². The van der Waals surface area contributed by atoms with Crippen LogP contribution in [0.3, 0.4) is 0 Å². The van der Waals surface area contributed by atoms with E-state index in [0.717, 1.165) is 4.68 Å². The van der Waals surface area contributed by atoms with Gasteiger partial charge >= 0.3 is 0 Å². The lowest BCUT2D eigenvalue weighted by molar-refractivity contribution is 0.601. The monoisotopic (exact) mass is 476 g/mol. The van der Waals surface area contributed by atoms with Crippen LogP contribution in [0, 0.1) is 6.92 Å². The first-order valence-corrected chi connectivity index (χ1v) is 11.0. The van der Waals surface area contributed by atoms with Gasteiger partial charge in [0.05, 0.1) is 21.8 Å². The molecule has 0 bridgehead atoms. The highest BCUT2D eigenvalue weighted by Crippen LogP contribution is 2.23. The number of anilines is 1. The number of H-pyrrole nitrogens is 1. The highest BCUT2D eigenvalue weighted by molar-refractivity contribution is 7.92. The van der Waals surface area contributed by atoms with E-state index in [1.807, 2.05) is 0 Å². The van der Waals surface area contributed by atoms with Crippen LogP contribution in [0.5, 0.6) is 0 Å². The molecule has 158 valence electrons. The first-order valence-electron chi connectivity index (χ1n) is 8.80. The van der Waals surface area contributed by atoms with E-state index in [9.17, 15) is 13.2 Å². The Morgan fingerprint density at radius 1 is 1.10 bits per heavy atom. The van der Waals surface area contributed by atoms with E-state index in [1.54, 1.807) is 31.2 Å². The third-order valence-electron chi connectivity index (χ3n) is 4.24. The van der Waals surface area contributed by atoms with Crippen molar-refractivity contribution in [3.05, 3.63) is 81.0 Å². The van der Waals surface area contributed by atoms with E-state index in [1.165, 1.54) is 30.5 Å². The summed E-state index contributed by atoms with van der Waals surface area (Å²) in [6.45, 7) is 1.77. The van der Waals surface area contributed by atoms with Gasteiger partial charge in [0.2, 0.25) is 0 Å². The minimum absolute atomic E-state index is 0.00324. The first-order chi connectivity index (χ1) is 14.7. The Balaban J connectivity index is 1.60. The SMILES string of the molecule is Cc1nc(-c2cccc(NS(=O)(=O)c3ccc(-n4ncc(Cl)c(Cl)c4=O)cc3)c2)n[nH]1. The fourth-order valence-electron chi connectivity index (χ4n) is 2.77. The lowest BCUT2D eigenvalue weighted by atomic mass is 10.2. The molecule has 0 aliphatic heterocycles. The van der Waals surface area contributed by atoms with Gasteiger partial charge in [0, 0.05) is 11.3 Å². The highest BCUT2D eigenvalue weighted by Gasteiger charge is 2.16. The second-order valence-electron chi connectivity index (χ2n) is 6.45. The summed E-state index contributed by atoms with van der Waals surface area (Å²) in [7, 11) is -3.88.